The van der Waals surface area contributed by atoms with E-state index in [0.717, 1.165) is 22.5 Å². The Morgan fingerprint density at radius 1 is 0.611 bits per heavy atom. The van der Waals surface area contributed by atoms with Crippen molar-refractivity contribution >= 4 is 0 Å². The van der Waals surface area contributed by atoms with Crippen LogP contribution in [0.3, 0.4) is 0 Å². The summed E-state index contributed by atoms with van der Waals surface area (Å²) in [6.07, 6.45) is 7.15. The number of rotatable bonds is 2. The third-order valence-corrected chi connectivity index (χ3v) is 2.66. The Bertz CT molecular complexity index is 581. The van der Waals surface area contributed by atoms with Gasteiger partial charge in [0.15, 0.2) is 0 Å². The Kier molecular flexibility index (Phi) is 2.80. The summed E-state index contributed by atoms with van der Waals surface area (Å²) in [6, 6.07) is 13.8. The number of pyridine rings is 3. The van der Waals surface area contributed by atoms with E-state index in [-0.39, 0.29) is 0 Å². The molecule has 0 atom stereocenters. The molecule has 18 heavy (non-hydrogen) atoms. The van der Waals surface area contributed by atoms with Gasteiger partial charge in [-0.3, -0.25) is 9.97 Å². The van der Waals surface area contributed by atoms with E-state index >= 15 is 0 Å². The molecule has 86 valence electrons. The van der Waals surface area contributed by atoms with Gasteiger partial charge in [-0.15, -0.1) is 0 Å². The van der Waals surface area contributed by atoms with E-state index in [1.165, 1.54) is 0 Å². The van der Waals surface area contributed by atoms with E-state index in [2.05, 4.69) is 15.0 Å². The highest BCUT2D eigenvalue weighted by molar-refractivity contribution is 5.64. The zero-order valence-electron chi connectivity index (χ0n) is 9.69. The molecular weight excluding hydrogens is 222 g/mol. The van der Waals surface area contributed by atoms with Gasteiger partial charge in [0.05, 0.1) is 11.4 Å². The van der Waals surface area contributed by atoms with Crippen molar-refractivity contribution in [2.75, 3.05) is 0 Å². The molecule has 0 amide bonds. The van der Waals surface area contributed by atoms with Crippen LogP contribution in [-0.4, -0.2) is 15.0 Å². The Balaban J connectivity index is 2.05. The first-order valence-corrected chi connectivity index (χ1v) is 5.71. The lowest BCUT2D eigenvalue weighted by atomic mass is 10.1. The molecule has 3 aromatic rings. The van der Waals surface area contributed by atoms with E-state index in [1.54, 1.807) is 12.4 Å². The average Bonchev–Trinajstić information content (AvgIpc) is 2.49. The first kappa shape index (κ1) is 10.6. The van der Waals surface area contributed by atoms with Gasteiger partial charge >= 0.3 is 0 Å². The zero-order chi connectivity index (χ0) is 12.2. The van der Waals surface area contributed by atoms with Crippen LogP contribution in [0.15, 0.2) is 67.3 Å². The Morgan fingerprint density at radius 2 is 1.17 bits per heavy atom. The molecular formula is C15H11N3. The van der Waals surface area contributed by atoms with E-state index in [4.69, 9.17) is 0 Å². The van der Waals surface area contributed by atoms with Gasteiger partial charge in [0.25, 0.3) is 0 Å². The molecule has 0 aromatic carbocycles. The van der Waals surface area contributed by atoms with Crippen molar-refractivity contribution in [1.82, 2.24) is 15.0 Å². The maximum atomic E-state index is 4.63. The lowest BCUT2D eigenvalue weighted by Crippen LogP contribution is -1.88. The molecule has 0 aliphatic carbocycles. The molecule has 3 nitrogen and oxygen atoms in total. The summed E-state index contributed by atoms with van der Waals surface area (Å²) < 4.78 is 0. The van der Waals surface area contributed by atoms with Crippen LogP contribution in [-0.2, 0) is 0 Å². The quantitative estimate of drug-likeness (QED) is 0.682. The molecule has 0 radical (unpaired) electrons. The van der Waals surface area contributed by atoms with Crippen molar-refractivity contribution in [3.05, 3.63) is 67.3 Å². The van der Waals surface area contributed by atoms with Crippen LogP contribution in [0.4, 0.5) is 0 Å². The van der Waals surface area contributed by atoms with Gasteiger partial charge in [0.2, 0.25) is 0 Å². The van der Waals surface area contributed by atoms with Crippen LogP contribution in [0.2, 0.25) is 0 Å². The molecule has 3 rings (SSSR count). The van der Waals surface area contributed by atoms with Gasteiger partial charge in [0.1, 0.15) is 0 Å². The first-order valence-electron chi connectivity index (χ1n) is 5.71. The van der Waals surface area contributed by atoms with Gasteiger partial charge in [-0.25, -0.2) is 4.98 Å². The molecule has 0 aliphatic rings. The van der Waals surface area contributed by atoms with Crippen LogP contribution in [0.1, 0.15) is 0 Å². The van der Waals surface area contributed by atoms with E-state index in [0.29, 0.717) is 0 Å². The number of nitrogens with zero attached hydrogens (tertiary/aromatic N) is 3. The Labute approximate surface area is 105 Å². The van der Waals surface area contributed by atoms with Crippen LogP contribution in [0, 0.1) is 0 Å². The minimum Gasteiger partial charge on any atom is -0.264 e. The molecule has 0 fully saturated rings. The fourth-order valence-electron chi connectivity index (χ4n) is 1.78. The summed E-state index contributed by atoms with van der Waals surface area (Å²) in [6.45, 7) is 0. The van der Waals surface area contributed by atoms with Gasteiger partial charge in [-0.2, -0.15) is 0 Å². The topological polar surface area (TPSA) is 38.7 Å². The lowest BCUT2D eigenvalue weighted by Gasteiger charge is -2.04. The summed E-state index contributed by atoms with van der Waals surface area (Å²) in [4.78, 5) is 12.9. The number of hydrogen-bond donors (Lipinski definition) is 0. The molecule has 0 spiro atoms. The molecule has 0 saturated carbocycles. The monoisotopic (exact) mass is 233 g/mol. The molecule has 3 aromatic heterocycles. The summed E-state index contributed by atoms with van der Waals surface area (Å²) in [5.41, 5.74) is 3.88. The predicted octanol–water partition coefficient (Wildman–Crippen LogP) is 3.21. The molecule has 0 saturated heterocycles. The highest BCUT2D eigenvalue weighted by atomic mass is 14.7. The van der Waals surface area contributed by atoms with Crippen molar-refractivity contribution in [2.24, 2.45) is 0 Å². The fraction of sp³-hybridized carbons (Fsp3) is 0. The largest absolute Gasteiger partial charge is 0.264 e. The molecule has 3 heteroatoms. The fourth-order valence-corrected chi connectivity index (χ4v) is 1.78. The van der Waals surface area contributed by atoms with Crippen molar-refractivity contribution < 1.29 is 0 Å². The van der Waals surface area contributed by atoms with Crippen molar-refractivity contribution in [3.63, 3.8) is 0 Å². The van der Waals surface area contributed by atoms with Crippen LogP contribution in [0.5, 0.6) is 0 Å². The van der Waals surface area contributed by atoms with Crippen LogP contribution < -0.4 is 0 Å². The molecule has 0 aliphatic heterocycles. The average molecular weight is 233 g/mol. The maximum absolute atomic E-state index is 4.63. The maximum Gasteiger partial charge on any atom is 0.0725 e. The van der Waals surface area contributed by atoms with Gasteiger partial charge in [0, 0.05) is 35.9 Å². The number of hydrogen-bond acceptors (Lipinski definition) is 3. The first-order chi connectivity index (χ1) is 8.93. The van der Waals surface area contributed by atoms with Crippen LogP contribution >= 0.6 is 0 Å². The van der Waals surface area contributed by atoms with Gasteiger partial charge in [-0.05, 0) is 36.4 Å². The smallest absolute Gasteiger partial charge is 0.0725 e. The molecule has 0 bridgehead atoms. The number of aromatic nitrogens is 3. The Morgan fingerprint density at radius 3 is 1.61 bits per heavy atom. The zero-order valence-corrected chi connectivity index (χ0v) is 9.69. The summed E-state index contributed by atoms with van der Waals surface area (Å²) in [5.74, 6) is 0. The second-order valence-electron chi connectivity index (χ2n) is 3.89. The third kappa shape index (κ3) is 2.11. The SMILES string of the molecule is c1cncc(-c2cccc(-c3cccnc3)n2)c1. The van der Waals surface area contributed by atoms with Crippen molar-refractivity contribution in [1.29, 1.82) is 0 Å². The van der Waals surface area contributed by atoms with Gasteiger partial charge < -0.3 is 0 Å². The van der Waals surface area contributed by atoms with Crippen LogP contribution in [0.25, 0.3) is 22.5 Å². The van der Waals surface area contributed by atoms with E-state index in [9.17, 15) is 0 Å². The minimum atomic E-state index is 0.921. The molecule has 0 N–H and O–H groups in total. The normalized spacial score (nSPS) is 10.2. The second-order valence-corrected chi connectivity index (χ2v) is 3.89. The predicted molar refractivity (Wildman–Crippen MR) is 70.7 cm³/mol. The summed E-state index contributed by atoms with van der Waals surface area (Å²) >= 11 is 0. The van der Waals surface area contributed by atoms with E-state index < -0.39 is 0 Å². The van der Waals surface area contributed by atoms with E-state index in [1.807, 2.05) is 54.9 Å². The third-order valence-electron chi connectivity index (χ3n) is 2.66. The minimum absolute atomic E-state index is 0.921. The molecule has 0 unspecified atom stereocenters. The Hall–Kier alpha value is -2.55. The summed E-state index contributed by atoms with van der Waals surface area (Å²) in [7, 11) is 0. The second kappa shape index (κ2) is 4.75. The van der Waals surface area contributed by atoms with Crippen molar-refractivity contribution in [3.8, 4) is 22.5 Å². The van der Waals surface area contributed by atoms with Gasteiger partial charge in [-0.1, -0.05) is 6.07 Å². The lowest BCUT2D eigenvalue weighted by molar-refractivity contribution is 1.26. The summed E-state index contributed by atoms with van der Waals surface area (Å²) in [5, 5.41) is 0. The highest BCUT2D eigenvalue weighted by Gasteiger charge is 2.02. The highest BCUT2D eigenvalue weighted by Crippen LogP contribution is 2.20. The molecule has 3 heterocycles. The standard InChI is InChI=1S/C15H11N3/c1-6-14(12-4-2-8-16-10-12)18-15(7-1)13-5-3-9-17-11-13/h1-11H. The van der Waals surface area contributed by atoms with Crippen molar-refractivity contribution in [2.45, 2.75) is 0 Å².